The van der Waals surface area contributed by atoms with Crippen molar-refractivity contribution >= 4 is 12.0 Å². The van der Waals surface area contributed by atoms with Crippen molar-refractivity contribution in [2.24, 2.45) is 0 Å². The Balaban J connectivity index is 2.33. The Morgan fingerprint density at radius 1 is 1.33 bits per heavy atom. The molecule has 1 aliphatic heterocycles. The summed E-state index contributed by atoms with van der Waals surface area (Å²) in [5.41, 5.74) is 1.68. The van der Waals surface area contributed by atoms with Gasteiger partial charge >= 0.3 is 5.97 Å². The lowest BCUT2D eigenvalue weighted by Gasteiger charge is -2.05. The fraction of sp³-hybridized carbons (Fsp3) is 0.0833. The van der Waals surface area contributed by atoms with E-state index < -0.39 is 5.97 Å². The Morgan fingerprint density at radius 3 is 3.00 bits per heavy atom. The molecular formula is C12H10O3. The topological polar surface area (TPSA) is 46.5 Å². The second kappa shape index (κ2) is 4.00. The van der Waals surface area contributed by atoms with Gasteiger partial charge in [0.2, 0.25) is 0 Å². The van der Waals surface area contributed by atoms with Crippen LogP contribution in [0.2, 0.25) is 0 Å². The Labute approximate surface area is 87.3 Å². The molecule has 0 atom stereocenters. The minimum atomic E-state index is -0.827. The van der Waals surface area contributed by atoms with Crippen molar-refractivity contribution in [1.29, 1.82) is 0 Å². The fourth-order valence-electron chi connectivity index (χ4n) is 1.44. The van der Waals surface area contributed by atoms with Crippen molar-refractivity contribution in [2.45, 2.75) is 6.42 Å². The summed E-state index contributed by atoms with van der Waals surface area (Å²) in [6.45, 7) is 0. The van der Waals surface area contributed by atoms with Crippen molar-refractivity contribution in [3.05, 3.63) is 47.7 Å². The van der Waals surface area contributed by atoms with Crippen molar-refractivity contribution in [1.82, 2.24) is 0 Å². The molecule has 1 N–H and O–H groups in total. The van der Waals surface area contributed by atoms with Crippen LogP contribution in [0, 0.1) is 0 Å². The van der Waals surface area contributed by atoms with Gasteiger partial charge in [0, 0.05) is 5.56 Å². The molecule has 1 aromatic carbocycles. The maximum atomic E-state index is 10.5. The number of hydrogen-bond donors (Lipinski definition) is 1. The van der Waals surface area contributed by atoms with E-state index in [0.29, 0.717) is 0 Å². The second-order valence-electron chi connectivity index (χ2n) is 3.25. The summed E-state index contributed by atoms with van der Waals surface area (Å²) in [5, 5.41) is 8.66. The van der Waals surface area contributed by atoms with Crippen LogP contribution in [0.1, 0.15) is 11.1 Å². The summed E-state index contributed by atoms with van der Waals surface area (Å²) in [4.78, 5) is 10.5. The Bertz CT molecular complexity index is 444. The Morgan fingerprint density at radius 2 is 2.20 bits per heavy atom. The third-order valence-electron chi connectivity index (χ3n) is 2.09. The molecule has 0 spiro atoms. The van der Waals surface area contributed by atoms with Gasteiger partial charge in [0.1, 0.15) is 5.75 Å². The third-order valence-corrected chi connectivity index (χ3v) is 2.09. The van der Waals surface area contributed by atoms with Gasteiger partial charge in [-0.2, -0.15) is 0 Å². The monoisotopic (exact) mass is 202 g/mol. The molecule has 1 aromatic rings. The van der Waals surface area contributed by atoms with Crippen LogP contribution in [0.5, 0.6) is 5.75 Å². The van der Waals surface area contributed by atoms with Gasteiger partial charge in [-0.05, 0) is 23.8 Å². The van der Waals surface area contributed by atoms with E-state index in [9.17, 15) is 4.79 Å². The maximum Gasteiger partial charge on any atom is 0.307 e. The molecule has 15 heavy (non-hydrogen) atoms. The van der Waals surface area contributed by atoms with Crippen molar-refractivity contribution in [2.75, 3.05) is 0 Å². The zero-order chi connectivity index (χ0) is 10.7. The first-order valence-electron chi connectivity index (χ1n) is 4.60. The smallest absolute Gasteiger partial charge is 0.307 e. The van der Waals surface area contributed by atoms with E-state index in [4.69, 9.17) is 9.84 Å². The summed E-state index contributed by atoms with van der Waals surface area (Å²) in [6, 6.07) is 5.38. The molecule has 0 amide bonds. The summed E-state index contributed by atoms with van der Waals surface area (Å²) >= 11 is 0. The van der Waals surface area contributed by atoms with E-state index in [-0.39, 0.29) is 6.42 Å². The van der Waals surface area contributed by atoms with Crippen molar-refractivity contribution in [3.8, 4) is 5.75 Å². The number of allylic oxidation sites excluding steroid dienone is 2. The van der Waals surface area contributed by atoms with Crippen LogP contribution in [0.15, 0.2) is 36.6 Å². The number of fused-ring (bicyclic) bond motifs is 1. The minimum Gasteiger partial charge on any atom is -0.481 e. The molecular weight excluding hydrogens is 192 g/mol. The molecule has 0 saturated heterocycles. The van der Waals surface area contributed by atoms with Gasteiger partial charge in [0.15, 0.2) is 0 Å². The molecule has 3 heteroatoms. The van der Waals surface area contributed by atoms with Gasteiger partial charge in [0.05, 0.1) is 12.7 Å². The molecule has 0 saturated carbocycles. The number of carboxylic acids is 1. The molecule has 3 nitrogen and oxygen atoms in total. The highest BCUT2D eigenvalue weighted by atomic mass is 16.5. The third kappa shape index (κ3) is 2.26. The average Bonchev–Trinajstić information content (AvgIpc) is 2.41. The largest absolute Gasteiger partial charge is 0.481 e. The number of hydrogen-bond acceptors (Lipinski definition) is 2. The van der Waals surface area contributed by atoms with Crippen LogP contribution >= 0.6 is 0 Å². The molecule has 1 aliphatic rings. The van der Waals surface area contributed by atoms with E-state index in [1.807, 2.05) is 18.2 Å². The molecule has 0 aromatic heterocycles. The first kappa shape index (κ1) is 9.52. The van der Waals surface area contributed by atoms with E-state index in [1.54, 1.807) is 24.5 Å². The fourth-order valence-corrected chi connectivity index (χ4v) is 1.44. The van der Waals surface area contributed by atoms with E-state index in [1.165, 1.54) is 0 Å². The molecule has 2 rings (SSSR count). The van der Waals surface area contributed by atoms with Gasteiger partial charge in [-0.1, -0.05) is 18.2 Å². The number of ether oxygens (including phenoxy) is 1. The van der Waals surface area contributed by atoms with Crippen LogP contribution in [0.4, 0.5) is 0 Å². The zero-order valence-corrected chi connectivity index (χ0v) is 8.01. The molecule has 0 radical (unpaired) electrons. The normalized spacial score (nSPS) is 12.8. The molecule has 0 fully saturated rings. The molecule has 0 unspecified atom stereocenters. The highest BCUT2D eigenvalue weighted by Gasteiger charge is 2.06. The quantitative estimate of drug-likeness (QED) is 0.799. The van der Waals surface area contributed by atoms with Gasteiger partial charge in [0.25, 0.3) is 0 Å². The van der Waals surface area contributed by atoms with Crippen molar-refractivity contribution < 1.29 is 14.6 Å². The Kier molecular flexibility index (Phi) is 2.54. The minimum absolute atomic E-state index is 0.0363. The van der Waals surface area contributed by atoms with Gasteiger partial charge in [-0.15, -0.1) is 0 Å². The van der Waals surface area contributed by atoms with Crippen LogP contribution in [0.3, 0.4) is 0 Å². The van der Waals surface area contributed by atoms with Gasteiger partial charge < -0.3 is 9.84 Å². The first-order chi connectivity index (χ1) is 7.25. The van der Waals surface area contributed by atoms with E-state index >= 15 is 0 Å². The molecule has 0 aliphatic carbocycles. The van der Waals surface area contributed by atoms with E-state index in [2.05, 4.69) is 0 Å². The van der Waals surface area contributed by atoms with Gasteiger partial charge in [-0.3, -0.25) is 4.79 Å². The highest BCUT2D eigenvalue weighted by molar-refractivity contribution is 5.71. The Hall–Kier alpha value is -2.03. The zero-order valence-electron chi connectivity index (χ0n) is 8.01. The summed E-state index contributed by atoms with van der Waals surface area (Å²) in [5.74, 6) is -0.0827. The van der Waals surface area contributed by atoms with Crippen LogP contribution < -0.4 is 4.74 Å². The molecule has 1 heterocycles. The number of aliphatic carboxylic acids is 1. The number of rotatable bonds is 2. The molecule has 76 valence electrons. The maximum absolute atomic E-state index is 10.5. The predicted molar refractivity (Wildman–Crippen MR) is 56.6 cm³/mol. The second-order valence-corrected chi connectivity index (χ2v) is 3.25. The number of carboxylic acid groups (broad SMARTS) is 1. The van der Waals surface area contributed by atoms with Crippen molar-refractivity contribution in [3.63, 3.8) is 0 Å². The summed E-state index contributed by atoms with van der Waals surface area (Å²) in [6.07, 6.45) is 7.17. The average molecular weight is 202 g/mol. The van der Waals surface area contributed by atoms with Crippen LogP contribution in [-0.4, -0.2) is 11.1 Å². The highest BCUT2D eigenvalue weighted by Crippen LogP contribution is 2.23. The SMILES string of the molecule is O=C(O)Cc1ccc2c(c1)C=CC=CO2. The lowest BCUT2D eigenvalue weighted by molar-refractivity contribution is -0.136. The number of carbonyl (C=O) groups is 1. The predicted octanol–water partition coefficient (Wildman–Crippen LogP) is 2.23. The van der Waals surface area contributed by atoms with Gasteiger partial charge in [-0.25, -0.2) is 0 Å². The summed E-state index contributed by atoms with van der Waals surface area (Å²) in [7, 11) is 0. The van der Waals surface area contributed by atoms with Crippen LogP contribution in [0.25, 0.3) is 6.08 Å². The molecule has 0 bridgehead atoms. The first-order valence-corrected chi connectivity index (χ1v) is 4.60. The number of benzene rings is 1. The van der Waals surface area contributed by atoms with Crippen LogP contribution in [-0.2, 0) is 11.2 Å². The van der Waals surface area contributed by atoms with E-state index in [0.717, 1.165) is 16.9 Å². The lowest BCUT2D eigenvalue weighted by Crippen LogP contribution is -2.00. The summed E-state index contributed by atoms with van der Waals surface area (Å²) < 4.78 is 5.32. The lowest BCUT2D eigenvalue weighted by atomic mass is 10.1. The standard InChI is InChI=1S/C12H10O3/c13-12(14)8-9-4-5-11-10(7-9)3-1-2-6-15-11/h1-7H,8H2,(H,13,14).